The van der Waals surface area contributed by atoms with E-state index in [-0.39, 0.29) is 5.56 Å². The zero-order valence-electron chi connectivity index (χ0n) is 16.2. The van der Waals surface area contributed by atoms with Crippen LogP contribution in [0.15, 0.2) is 28.1 Å². The first-order valence-corrected chi connectivity index (χ1v) is 9.83. The molecule has 4 rings (SSSR count). The van der Waals surface area contributed by atoms with E-state index in [1.54, 1.807) is 10.8 Å². The van der Waals surface area contributed by atoms with Crippen LogP contribution in [-0.2, 0) is 13.0 Å². The Bertz CT molecular complexity index is 940. The van der Waals surface area contributed by atoms with E-state index >= 15 is 0 Å². The summed E-state index contributed by atoms with van der Waals surface area (Å²) in [6, 6.07) is 3.96. The molecule has 1 aliphatic carbocycles. The number of ether oxygens (including phenoxy) is 1. The molecule has 0 bridgehead atoms. The minimum Gasteiger partial charge on any atom is -0.423 e. The first kappa shape index (κ1) is 17.9. The maximum absolute atomic E-state index is 13.2. The average molecular weight is 366 g/mol. The van der Waals surface area contributed by atoms with Gasteiger partial charge in [0.1, 0.15) is 0 Å². The highest BCUT2D eigenvalue weighted by molar-refractivity contribution is 5.95. The summed E-state index contributed by atoms with van der Waals surface area (Å²) >= 11 is 0. The average Bonchev–Trinajstić information content (AvgIpc) is 3.29. The lowest BCUT2D eigenvalue weighted by atomic mass is 9.98. The molecule has 0 atom stereocenters. The predicted octanol–water partition coefficient (Wildman–Crippen LogP) is 4.21. The molecule has 0 amide bonds. The Kier molecular flexibility index (Phi) is 4.81. The van der Waals surface area contributed by atoms with Crippen molar-refractivity contribution in [3.63, 3.8) is 0 Å². The van der Waals surface area contributed by atoms with Gasteiger partial charge < -0.3 is 4.74 Å². The summed E-state index contributed by atoms with van der Waals surface area (Å²) in [5, 5.41) is 0. The van der Waals surface area contributed by atoms with Crippen LogP contribution >= 0.6 is 0 Å². The van der Waals surface area contributed by atoms with Crippen molar-refractivity contribution in [3.8, 4) is 11.8 Å². The van der Waals surface area contributed by atoms with E-state index < -0.39 is 0 Å². The van der Waals surface area contributed by atoms with Gasteiger partial charge in [0, 0.05) is 24.9 Å². The quantitative estimate of drug-likeness (QED) is 0.795. The normalized spacial score (nSPS) is 16.7. The molecular weight excluding hydrogens is 340 g/mol. The summed E-state index contributed by atoms with van der Waals surface area (Å²) in [4.78, 5) is 26.9. The van der Waals surface area contributed by atoms with Gasteiger partial charge in [0.15, 0.2) is 11.6 Å². The second-order valence-electron chi connectivity index (χ2n) is 7.96. The largest absolute Gasteiger partial charge is 0.423 e. The second-order valence-corrected chi connectivity index (χ2v) is 7.96. The van der Waals surface area contributed by atoms with Crippen LogP contribution in [0.3, 0.4) is 0 Å². The van der Waals surface area contributed by atoms with Crippen LogP contribution in [0.4, 0.5) is 5.82 Å². The van der Waals surface area contributed by atoms with Crippen LogP contribution in [-0.4, -0.2) is 20.2 Å². The third-order valence-corrected chi connectivity index (χ3v) is 5.35. The number of fused-ring (bicyclic) bond motifs is 1. The van der Waals surface area contributed by atoms with Crippen molar-refractivity contribution in [2.45, 2.75) is 59.4 Å². The number of pyridine rings is 1. The standard InChI is InChI=1S/C21H26N4O2/c1-13(2)12-25-20(26)16-11-17(15-7-4-5-8-15)23-19(16)24-21(25)27-18-9-6-10-22-14(18)3/h6,9-10,13,15H,4-5,7-8,11-12H2,1-3H3. The SMILES string of the molecule is Cc1ncccc1Oc1nc2c(c(=O)n1CC(C)C)CC(C1CCCC1)=N2. The van der Waals surface area contributed by atoms with E-state index in [9.17, 15) is 4.79 Å². The predicted molar refractivity (Wildman–Crippen MR) is 105 cm³/mol. The topological polar surface area (TPSA) is 69.4 Å². The summed E-state index contributed by atoms with van der Waals surface area (Å²) in [6.45, 7) is 6.61. The maximum atomic E-state index is 13.2. The van der Waals surface area contributed by atoms with Crippen molar-refractivity contribution in [2.75, 3.05) is 0 Å². The van der Waals surface area contributed by atoms with Gasteiger partial charge in [-0.2, -0.15) is 4.98 Å². The van der Waals surface area contributed by atoms with Crippen molar-refractivity contribution >= 4 is 11.5 Å². The third kappa shape index (κ3) is 3.53. The monoisotopic (exact) mass is 366 g/mol. The zero-order chi connectivity index (χ0) is 19.0. The number of aromatic nitrogens is 3. The van der Waals surface area contributed by atoms with E-state index in [1.807, 2.05) is 19.1 Å². The number of hydrogen-bond donors (Lipinski definition) is 0. The summed E-state index contributed by atoms with van der Waals surface area (Å²) < 4.78 is 7.68. The van der Waals surface area contributed by atoms with Gasteiger partial charge >= 0.3 is 6.01 Å². The molecule has 142 valence electrons. The minimum atomic E-state index is -0.0259. The highest BCUT2D eigenvalue weighted by Crippen LogP contribution is 2.34. The second kappa shape index (κ2) is 7.25. The Labute approximate surface area is 159 Å². The van der Waals surface area contributed by atoms with Crippen LogP contribution in [0.2, 0.25) is 0 Å². The highest BCUT2D eigenvalue weighted by atomic mass is 16.5. The van der Waals surface area contributed by atoms with Crippen LogP contribution in [0.25, 0.3) is 0 Å². The molecule has 0 aromatic carbocycles. The molecule has 0 radical (unpaired) electrons. The van der Waals surface area contributed by atoms with Crippen molar-refractivity contribution in [3.05, 3.63) is 39.9 Å². The molecule has 2 aromatic heterocycles. The van der Waals surface area contributed by atoms with E-state index in [0.717, 1.165) is 11.4 Å². The Balaban J connectivity index is 1.75. The molecule has 0 spiro atoms. The number of aryl methyl sites for hydroxylation is 1. The van der Waals surface area contributed by atoms with E-state index in [1.165, 1.54) is 25.7 Å². The maximum Gasteiger partial charge on any atom is 0.306 e. The van der Waals surface area contributed by atoms with Crippen LogP contribution in [0.5, 0.6) is 11.8 Å². The molecule has 27 heavy (non-hydrogen) atoms. The smallest absolute Gasteiger partial charge is 0.306 e. The molecule has 3 heterocycles. The molecular formula is C21H26N4O2. The molecule has 1 aliphatic heterocycles. The zero-order valence-corrected chi connectivity index (χ0v) is 16.2. The van der Waals surface area contributed by atoms with Crippen molar-refractivity contribution < 1.29 is 4.74 Å². The Morgan fingerprint density at radius 2 is 2.07 bits per heavy atom. The number of nitrogens with zero attached hydrogens (tertiary/aromatic N) is 4. The van der Waals surface area contributed by atoms with Crippen LogP contribution in [0.1, 0.15) is 50.8 Å². The molecule has 6 heteroatoms. The molecule has 0 unspecified atom stereocenters. The van der Waals surface area contributed by atoms with E-state index in [4.69, 9.17) is 9.73 Å². The Morgan fingerprint density at radius 3 is 2.78 bits per heavy atom. The van der Waals surface area contributed by atoms with Crippen LogP contribution < -0.4 is 10.3 Å². The Hall–Kier alpha value is -2.50. The van der Waals surface area contributed by atoms with Gasteiger partial charge in [-0.05, 0) is 43.7 Å². The third-order valence-electron chi connectivity index (χ3n) is 5.35. The van der Waals surface area contributed by atoms with Gasteiger partial charge in [-0.25, -0.2) is 4.99 Å². The lowest BCUT2D eigenvalue weighted by Crippen LogP contribution is -2.28. The molecule has 2 aliphatic rings. The van der Waals surface area contributed by atoms with Gasteiger partial charge in [0.05, 0.1) is 11.3 Å². The fourth-order valence-corrected chi connectivity index (χ4v) is 3.94. The van der Waals surface area contributed by atoms with Gasteiger partial charge in [0.2, 0.25) is 0 Å². The number of rotatable bonds is 5. The first-order chi connectivity index (χ1) is 13.0. The lowest BCUT2D eigenvalue weighted by molar-refractivity contribution is 0.371. The van der Waals surface area contributed by atoms with Crippen molar-refractivity contribution in [2.24, 2.45) is 16.8 Å². The summed E-state index contributed by atoms with van der Waals surface area (Å²) in [7, 11) is 0. The fraction of sp³-hybridized carbons (Fsp3) is 0.524. The number of aliphatic imine (C=N–C) groups is 1. The van der Waals surface area contributed by atoms with Gasteiger partial charge in [-0.15, -0.1) is 0 Å². The van der Waals surface area contributed by atoms with Gasteiger partial charge in [-0.1, -0.05) is 26.7 Å². The van der Waals surface area contributed by atoms with Crippen LogP contribution in [0, 0.1) is 18.8 Å². The van der Waals surface area contributed by atoms with E-state index in [2.05, 4.69) is 23.8 Å². The van der Waals surface area contributed by atoms with Gasteiger partial charge in [0.25, 0.3) is 5.56 Å². The van der Waals surface area contributed by atoms with Crippen molar-refractivity contribution in [1.29, 1.82) is 0 Å². The van der Waals surface area contributed by atoms with E-state index in [0.29, 0.717) is 47.9 Å². The molecule has 2 aromatic rings. The summed E-state index contributed by atoms with van der Waals surface area (Å²) in [6.07, 6.45) is 7.20. The fourth-order valence-electron chi connectivity index (χ4n) is 3.94. The summed E-state index contributed by atoms with van der Waals surface area (Å²) in [5.41, 5.74) is 2.58. The summed E-state index contributed by atoms with van der Waals surface area (Å²) in [5.74, 6) is 1.96. The first-order valence-electron chi connectivity index (χ1n) is 9.83. The Morgan fingerprint density at radius 1 is 1.30 bits per heavy atom. The molecule has 6 nitrogen and oxygen atoms in total. The van der Waals surface area contributed by atoms with Gasteiger partial charge in [-0.3, -0.25) is 14.3 Å². The van der Waals surface area contributed by atoms with Crippen molar-refractivity contribution in [1.82, 2.24) is 14.5 Å². The molecule has 0 saturated heterocycles. The lowest BCUT2D eigenvalue weighted by Gasteiger charge is -2.16. The number of hydrogen-bond acceptors (Lipinski definition) is 5. The highest BCUT2D eigenvalue weighted by Gasteiger charge is 2.30. The minimum absolute atomic E-state index is 0.0259. The molecule has 1 saturated carbocycles. The molecule has 1 fully saturated rings. The molecule has 0 N–H and O–H groups in total.